The second-order valence-corrected chi connectivity index (χ2v) is 4.76. The van der Waals surface area contributed by atoms with E-state index in [1.807, 2.05) is 19.1 Å². The quantitative estimate of drug-likeness (QED) is 0.891. The first-order chi connectivity index (χ1) is 10.5. The Labute approximate surface area is 127 Å². The molecule has 0 saturated heterocycles. The molecule has 0 bridgehead atoms. The number of hydrogen-bond donors (Lipinski definition) is 2. The van der Waals surface area contributed by atoms with Crippen molar-refractivity contribution in [1.82, 2.24) is 0 Å². The fraction of sp³-hybridized carbons (Fsp3) is 0.188. The molecule has 2 aromatic rings. The van der Waals surface area contributed by atoms with Gasteiger partial charge in [-0.3, -0.25) is 4.79 Å². The molecule has 2 rings (SSSR count). The number of anilines is 2. The summed E-state index contributed by atoms with van der Waals surface area (Å²) in [6.45, 7) is 1.86. The highest BCUT2D eigenvalue weighted by Crippen LogP contribution is 2.24. The van der Waals surface area contributed by atoms with E-state index in [0.29, 0.717) is 11.4 Å². The van der Waals surface area contributed by atoms with Gasteiger partial charge >= 0.3 is 0 Å². The minimum absolute atomic E-state index is 0.0576. The maximum atomic E-state index is 13.0. The van der Waals surface area contributed by atoms with Gasteiger partial charge in [-0.25, -0.2) is 8.78 Å². The second-order valence-electron chi connectivity index (χ2n) is 4.76. The molecule has 22 heavy (non-hydrogen) atoms. The minimum atomic E-state index is -0.747. The Morgan fingerprint density at radius 1 is 1.14 bits per heavy atom. The van der Waals surface area contributed by atoms with Crippen molar-refractivity contribution >= 4 is 17.3 Å². The fourth-order valence-electron chi connectivity index (χ4n) is 1.97. The third-order valence-electron chi connectivity index (χ3n) is 2.94. The van der Waals surface area contributed by atoms with Crippen LogP contribution in [0.4, 0.5) is 20.2 Å². The predicted octanol–water partition coefficient (Wildman–Crippen LogP) is 3.33. The van der Waals surface area contributed by atoms with Crippen LogP contribution in [0.3, 0.4) is 0 Å². The van der Waals surface area contributed by atoms with E-state index in [4.69, 9.17) is 4.74 Å². The number of benzene rings is 2. The average Bonchev–Trinajstić information content (AvgIpc) is 2.44. The summed E-state index contributed by atoms with van der Waals surface area (Å²) in [5.41, 5.74) is 1.75. The molecule has 0 radical (unpaired) electrons. The van der Waals surface area contributed by atoms with Crippen LogP contribution in [0.2, 0.25) is 0 Å². The van der Waals surface area contributed by atoms with Gasteiger partial charge in [0.1, 0.15) is 17.4 Å². The highest BCUT2D eigenvalue weighted by molar-refractivity contribution is 5.93. The van der Waals surface area contributed by atoms with Crippen LogP contribution in [-0.2, 0) is 4.79 Å². The molecule has 2 aromatic carbocycles. The van der Waals surface area contributed by atoms with Crippen LogP contribution < -0.4 is 15.4 Å². The maximum Gasteiger partial charge on any atom is 0.243 e. The summed E-state index contributed by atoms with van der Waals surface area (Å²) in [5.74, 6) is -1.31. The molecular formula is C16H16F2N2O2. The molecule has 0 aliphatic rings. The maximum absolute atomic E-state index is 13.0. The molecule has 2 N–H and O–H groups in total. The number of hydrogen-bond acceptors (Lipinski definition) is 3. The lowest BCUT2D eigenvalue weighted by molar-refractivity contribution is -0.114. The highest BCUT2D eigenvalue weighted by atomic mass is 19.1. The topological polar surface area (TPSA) is 50.4 Å². The Balaban J connectivity index is 1.99. The van der Waals surface area contributed by atoms with Gasteiger partial charge in [-0.05, 0) is 36.8 Å². The Bertz CT molecular complexity index is 670. The first kappa shape index (κ1) is 15.8. The van der Waals surface area contributed by atoms with Gasteiger partial charge in [-0.15, -0.1) is 0 Å². The lowest BCUT2D eigenvalue weighted by atomic mass is 10.2. The van der Waals surface area contributed by atoms with E-state index >= 15 is 0 Å². The highest BCUT2D eigenvalue weighted by Gasteiger charge is 2.08. The van der Waals surface area contributed by atoms with Crippen LogP contribution in [0, 0.1) is 18.6 Å². The Morgan fingerprint density at radius 3 is 2.45 bits per heavy atom. The van der Waals surface area contributed by atoms with Crippen LogP contribution in [-0.4, -0.2) is 19.6 Å². The number of aryl methyl sites for hydroxylation is 1. The molecule has 0 fully saturated rings. The zero-order valence-electron chi connectivity index (χ0n) is 12.2. The largest absolute Gasteiger partial charge is 0.495 e. The van der Waals surface area contributed by atoms with Gasteiger partial charge in [-0.2, -0.15) is 0 Å². The molecule has 0 aliphatic carbocycles. The van der Waals surface area contributed by atoms with Crippen molar-refractivity contribution in [2.45, 2.75) is 6.92 Å². The van der Waals surface area contributed by atoms with E-state index in [1.165, 1.54) is 7.11 Å². The summed E-state index contributed by atoms with van der Waals surface area (Å²) in [4.78, 5) is 11.8. The first-order valence-corrected chi connectivity index (χ1v) is 6.62. The average molecular weight is 306 g/mol. The second kappa shape index (κ2) is 6.89. The number of methoxy groups -OCH3 is 1. The van der Waals surface area contributed by atoms with Gasteiger partial charge in [0.25, 0.3) is 0 Å². The van der Waals surface area contributed by atoms with E-state index < -0.39 is 17.5 Å². The van der Waals surface area contributed by atoms with Gasteiger partial charge in [-0.1, -0.05) is 6.07 Å². The monoisotopic (exact) mass is 306 g/mol. The SMILES string of the molecule is COc1ccc(C)cc1NCC(=O)Nc1cc(F)cc(F)c1. The third-order valence-corrected chi connectivity index (χ3v) is 2.94. The number of halogens is 2. The molecule has 0 unspecified atom stereocenters. The summed E-state index contributed by atoms with van der Waals surface area (Å²) in [5, 5.41) is 5.35. The Morgan fingerprint density at radius 2 is 1.82 bits per heavy atom. The van der Waals surface area contributed by atoms with E-state index in [1.54, 1.807) is 6.07 Å². The minimum Gasteiger partial charge on any atom is -0.495 e. The lowest BCUT2D eigenvalue weighted by Crippen LogP contribution is -2.22. The summed E-state index contributed by atoms with van der Waals surface area (Å²) in [7, 11) is 1.53. The van der Waals surface area contributed by atoms with Gasteiger partial charge in [0.15, 0.2) is 0 Å². The molecule has 0 heterocycles. The van der Waals surface area contributed by atoms with Crippen molar-refractivity contribution in [1.29, 1.82) is 0 Å². The van der Waals surface area contributed by atoms with Crippen molar-refractivity contribution in [3.05, 3.63) is 53.6 Å². The lowest BCUT2D eigenvalue weighted by Gasteiger charge is -2.12. The normalized spacial score (nSPS) is 10.2. The van der Waals surface area contributed by atoms with Gasteiger partial charge < -0.3 is 15.4 Å². The summed E-state index contributed by atoms with van der Waals surface area (Å²) < 4.78 is 31.3. The molecule has 0 aromatic heterocycles. The first-order valence-electron chi connectivity index (χ1n) is 6.62. The summed E-state index contributed by atoms with van der Waals surface area (Å²) in [6, 6.07) is 8.36. The van der Waals surface area contributed by atoms with Gasteiger partial charge in [0.05, 0.1) is 19.3 Å². The van der Waals surface area contributed by atoms with Crippen LogP contribution in [0.1, 0.15) is 5.56 Å². The Hall–Kier alpha value is -2.63. The number of ether oxygens (including phenoxy) is 1. The molecule has 6 heteroatoms. The van der Waals surface area contributed by atoms with Crippen molar-refractivity contribution in [2.24, 2.45) is 0 Å². The summed E-state index contributed by atoms with van der Waals surface area (Å²) in [6.07, 6.45) is 0. The molecule has 1 amide bonds. The fourth-order valence-corrected chi connectivity index (χ4v) is 1.97. The van der Waals surface area contributed by atoms with Crippen LogP contribution in [0.15, 0.2) is 36.4 Å². The number of amides is 1. The zero-order chi connectivity index (χ0) is 16.1. The Kier molecular flexibility index (Phi) is 4.93. The van der Waals surface area contributed by atoms with Crippen molar-refractivity contribution in [2.75, 3.05) is 24.3 Å². The third kappa shape index (κ3) is 4.18. The molecule has 0 spiro atoms. The molecule has 0 aliphatic heterocycles. The standard InChI is InChI=1S/C16H16F2N2O2/c1-10-3-4-15(22-2)14(5-10)19-9-16(21)20-13-7-11(17)6-12(18)8-13/h3-8,19H,9H2,1-2H3,(H,20,21). The smallest absolute Gasteiger partial charge is 0.243 e. The molecule has 0 atom stereocenters. The molecular weight excluding hydrogens is 290 g/mol. The van der Waals surface area contributed by atoms with Crippen LogP contribution in [0.25, 0.3) is 0 Å². The van der Waals surface area contributed by atoms with E-state index in [9.17, 15) is 13.6 Å². The van der Waals surface area contributed by atoms with E-state index in [0.717, 1.165) is 23.8 Å². The van der Waals surface area contributed by atoms with Crippen molar-refractivity contribution in [3.8, 4) is 5.75 Å². The molecule has 116 valence electrons. The summed E-state index contributed by atoms with van der Waals surface area (Å²) >= 11 is 0. The number of nitrogens with one attached hydrogen (secondary N) is 2. The van der Waals surface area contributed by atoms with Crippen molar-refractivity contribution < 1.29 is 18.3 Å². The molecule has 4 nitrogen and oxygen atoms in total. The zero-order valence-corrected chi connectivity index (χ0v) is 12.2. The molecule has 0 saturated carbocycles. The van der Waals surface area contributed by atoms with Crippen molar-refractivity contribution in [3.63, 3.8) is 0 Å². The van der Waals surface area contributed by atoms with Crippen LogP contribution >= 0.6 is 0 Å². The predicted molar refractivity (Wildman–Crippen MR) is 81.2 cm³/mol. The number of rotatable bonds is 5. The van der Waals surface area contributed by atoms with E-state index in [2.05, 4.69) is 10.6 Å². The number of carbonyl (C=O) groups is 1. The van der Waals surface area contributed by atoms with E-state index in [-0.39, 0.29) is 12.2 Å². The number of carbonyl (C=O) groups excluding carboxylic acids is 1. The van der Waals surface area contributed by atoms with Gasteiger partial charge in [0, 0.05) is 11.8 Å². The van der Waals surface area contributed by atoms with Gasteiger partial charge in [0.2, 0.25) is 5.91 Å². The van der Waals surface area contributed by atoms with Crippen LogP contribution in [0.5, 0.6) is 5.75 Å².